The SMILES string of the molecule is O=Cc1cc([N+](=O)[O-])cc(C(O)C(O)CCO)c1O. The molecule has 0 bridgehead atoms. The van der Waals surface area contributed by atoms with Crippen LogP contribution in [0, 0.1) is 10.1 Å². The summed E-state index contributed by atoms with van der Waals surface area (Å²) in [5, 5.41) is 48.3. The lowest BCUT2D eigenvalue weighted by molar-refractivity contribution is -0.385. The van der Waals surface area contributed by atoms with Crippen molar-refractivity contribution in [2.24, 2.45) is 0 Å². The second-order valence-corrected chi connectivity index (χ2v) is 3.87. The molecule has 0 amide bonds. The number of aromatic hydroxyl groups is 1. The molecule has 0 aliphatic carbocycles. The second-order valence-electron chi connectivity index (χ2n) is 3.87. The number of benzene rings is 1. The van der Waals surface area contributed by atoms with E-state index in [-0.39, 0.29) is 23.8 Å². The maximum absolute atomic E-state index is 10.7. The summed E-state index contributed by atoms with van der Waals surface area (Å²) >= 11 is 0. The van der Waals surface area contributed by atoms with Gasteiger partial charge in [-0.05, 0) is 6.42 Å². The van der Waals surface area contributed by atoms with Gasteiger partial charge < -0.3 is 20.4 Å². The molecular formula is C11H13NO7. The number of nitro benzene ring substituents is 1. The molecule has 0 heterocycles. The second kappa shape index (κ2) is 6.23. The van der Waals surface area contributed by atoms with Crippen molar-refractivity contribution in [1.29, 1.82) is 0 Å². The van der Waals surface area contributed by atoms with Crippen molar-refractivity contribution in [1.82, 2.24) is 0 Å². The van der Waals surface area contributed by atoms with E-state index in [2.05, 4.69) is 0 Å². The number of nitrogens with zero attached hydrogens (tertiary/aromatic N) is 1. The van der Waals surface area contributed by atoms with Gasteiger partial charge in [0.25, 0.3) is 5.69 Å². The Morgan fingerprint density at radius 2 is 2.00 bits per heavy atom. The summed E-state index contributed by atoms with van der Waals surface area (Å²) in [6, 6.07) is 1.73. The van der Waals surface area contributed by atoms with Gasteiger partial charge in [-0.25, -0.2) is 0 Å². The Morgan fingerprint density at radius 1 is 1.37 bits per heavy atom. The van der Waals surface area contributed by atoms with E-state index in [0.717, 1.165) is 12.1 Å². The number of hydrogen-bond donors (Lipinski definition) is 4. The Balaban J connectivity index is 3.28. The zero-order chi connectivity index (χ0) is 14.6. The number of aldehydes is 1. The number of aliphatic hydroxyl groups excluding tert-OH is 3. The summed E-state index contributed by atoms with van der Waals surface area (Å²) in [6.45, 7) is -0.408. The third kappa shape index (κ3) is 3.25. The molecule has 0 aliphatic heterocycles. The number of non-ortho nitro benzene ring substituents is 1. The van der Waals surface area contributed by atoms with Gasteiger partial charge in [0.15, 0.2) is 6.29 Å². The Kier molecular flexibility index (Phi) is 4.93. The van der Waals surface area contributed by atoms with Crippen LogP contribution in [0.15, 0.2) is 12.1 Å². The highest BCUT2D eigenvalue weighted by Crippen LogP contribution is 2.33. The fourth-order valence-corrected chi connectivity index (χ4v) is 1.58. The van der Waals surface area contributed by atoms with Gasteiger partial charge in [-0.15, -0.1) is 0 Å². The molecule has 8 heteroatoms. The summed E-state index contributed by atoms with van der Waals surface area (Å²) < 4.78 is 0. The standard InChI is InChI=1S/C11H13NO7/c13-2-1-9(15)11(17)8-4-7(12(18)19)3-6(5-14)10(8)16/h3-5,9,11,13,15-17H,1-2H2. The van der Waals surface area contributed by atoms with E-state index in [1.165, 1.54) is 0 Å². The van der Waals surface area contributed by atoms with Gasteiger partial charge in [0.2, 0.25) is 0 Å². The molecule has 104 valence electrons. The van der Waals surface area contributed by atoms with Crippen LogP contribution in [0.1, 0.15) is 28.4 Å². The number of phenols is 1. The number of nitro groups is 1. The first-order valence-corrected chi connectivity index (χ1v) is 5.35. The molecule has 1 rings (SSSR count). The highest BCUT2D eigenvalue weighted by Gasteiger charge is 2.25. The molecule has 8 nitrogen and oxygen atoms in total. The number of carbonyl (C=O) groups excluding carboxylic acids is 1. The molecule has 4 N–H and O–H groups in total. The molecule has 0 aliphatic rings. The normalized spacial score (nSPS) is 13.8. The Labute approximate surface area is 107 Å². The van der Waals surface area contributed by atoms with E-state index in [9.17, 15) is 30.2 Å². The topological polar surface area (TPSA) is 141 Å². The molecule has 2 unspecified atom stereocenters. The van der Waals surface area contributed by atoms with E-state index in [1.54, 1.807) is 0 Å². The van der Waals surface area contributed by atoms with Gasteiger partial charge in [0.05, 0.1) is 16.6 Å². The smallest absolute Gasteiger partial charge is 0.270 e. The van der Waals surface area contributed by atoms with Gasteiger partial charge in [-0.2, -0.15) is 0 Å². The number of aliphatic hydroxyl groups is 3. The van der Waals surface area contributed by atoms with Crippen molar-refractivity contribution in [3.8, 4) is 5.75 Å². The molecule has 0 radical (unpaired) electrons. The summed E-state index contributed by atoms with van der Waals surface area (Å²) in [5.74, 6) is -0.634. The lowest BCUT2D eigenvalue weighted by atomic mass is 9.98. The molecule has 1 aromatic rings. The molecule has 0 saturated carbocycles. The molecule has 19 heavy (non-hydrogen) atoms. The van der Waals surface area contributed by atoms with Crippen LogP contribution in [0.3, 0.4) is 0 Å². The highest BCUT2D eigenvalue weighted by atomic mass is 16.6. The number of hydrogen-bond acceptors (Lipinski definition) is 7. The van der Waals surface area contributed by atoms with Gasteiger partial charge in [0, 0.05) is 24.3 Å². The van der Waals surface area contributed by atoms with Crippen molar-refractivity contribution in [2.75, 3.05) is 6.61 Å². The number of carbonyl (C=O) groups is 1. The monoisotopic (exact) mass is 271 g/mol. The van der Waals surface area contributed by atoms with Crippen LogP contribution < -0.4 is 0 Å². The zero-order valence-corrected chi connectivity index (χ0v) is 9.76. The van der Waals surface area contributed by atoms with Crippen LogP contribution in [-0.4, -0.2) is 44.3 Å². The maximum atomic E-state index is 10.7. The Morgan fingerprint density at radius 3 is 2.47 bits per heavy atom. The zero-order valence-electron chi connectivity index (χ0n) is 9.76. The Hall–Kier alpha value is -2.03. The first-order valence-electron chi connectivity index (χ1n) is 5.35. The molecule has 1 aromatic carbocycles. The average molecular weight is 271 g/mol. The summed E-state index contributed by atoms with van der Waals surface area (Å²) in [4.78, 5) is 20.6. The first kappa shape index (κ1) is 15.0. The quantitative estimate of drug-likeness (QED) is 0.321. The third-order valence-corrected chi connectivity index (χ3v) is 2.60. The predicted octanol–water partition coefficient (Wildman–Crippen LogP) is -0.110. The van der Waals surface area contributed by atoms with Gasteiger partial charge in [0.1, 0.15) is 11.9 Å². The lowest BCUT2D eigenvalue weighted by Gasteiger charge is -2.18. The van der Waals surface area contributed by atoms with Crippen LogP contribution >= 0.6 is 0 Å². The molecule has 2 atom stereocenters. The fraction of sp³-hybridized carbons (Fsp3) is 0.364. The largest absolute Gasteiger partial charge is 0.507 e. The van der Waals surface area contributed by atoms with Crippen molar-refractivity contribution in [3.05, 3.63) is 33.4 Å². The van der Waals surface area contributed by atoms with Crippen LogP contribution in [0.5, 0.6) is 5.75 Å². The van der Waals surface area contributed by atoms with E-state index < -0.39 is 35.2 Å². The molecular weight excluding hydrogens is 258 g/mol. The van der Waals surface area contributed by atoms with Crippen molar-refractivity contribution in [2.45, 2.75) is 18.6 Å². The highest BCUT2D eigenvalue weighted by molar-refractivity contribution is 5.81. The fourth-order valence-electron chi connectivity index (χ4n) is 1.58. The van der Waals surface area contributed by atoms with Crippen LogP contribution in [0.2, 0.25) is 0 Å². The maximum Gasteiger partial charge on any atom is 0.270 e. The van der Waals surface area contributed by atoms with Crippen molar-refractivity contribution in [3.63, 3.8) is 0 Å². The lowest BCUT2D eigenvalue weighted by Crippen LogP contribution is -2.20. The summed E-state index contributed by atoms with van der Waals surface area (Å²) in [6.07, 6.45) is -3.04. The summed E-state index contributed by atoms with van der Waals surface area (Å²) in [5.41, 5.74) is -1.19. The first-order chi connectivity index (χ1) is 8.92. The van der Waals surface area contributed by atoms with Gasteiger partial charge in [-0.3, -0.25) is 14.9 Å². The van der Waals surface area contributed by atoms with E-state index in [4.69, 9.17) is 5.11 Å². The third-order valence-electron chi connectivity index (χ3n) is 2.60. The van der Waals surface area contributed by atoms with Crippen LogP contribution in [0.4, 0.5) is 5.69 Å². The average Bonchev–Trinajstić information content (AvgIpc) is 2.38. The predicted molar refractivity (Wildman–Crippen MR) is 62.8 cm³/mol. The number of phenolic OH excluding ortho intramolecular Hbond substituents is 1. The minimum absolute atomic E-state index is 0.181. The molecule has 0 aromatic heterocycles. The Bertz CT molecular complexity index is 488. The van der Waals surface area contributed by atoms with E-state index in [0.29, 0.717) is 0 Å². The molecule has 0 spiro atoms. The van der Waals surface area contributed by atoms with Gasteiger partial charge in [-0.1, -0.05) is 0 Å². The van der Waals surface area contributed by atoms with E-state index >= 15 is 0 Å². The number of rotatable bonds is 6. The van der Waals surface area contributed by atoms with Crippen LogP contribution in [0.25, 0.3) is 0 Å². The minimum atomic E-state index is -1.65. The van der Waals surface area contributed by atoms with Crippen LogP contribution in [-0.2, 0) is 0 Å². The summed E-state index contributed by atoms with van der Waals surface area (Å²) in [7, 11) is 0. The molecule has 0 saturated heterocycles. The van der Waals surface area contributed by atoms with Gasteiger partial charge >= 0.3 is 0 Å². The minimum Gasteiger partial charge on any atom is -0.507 e. The van der Waals surface area contributed by atoms with Crippen molar-refractivity contribution >= 4 is 12.0 Å². The van der Waals surface area contributed by atoms with Crippen molar-refractivity contribution < 1.29 is 30.1 Å². The molecule has 0 fully saturated rings. The van der Waals surface area contributed by atoms with E-state index in [1.807, 2.05) is 0 Å².